The summed E-state index contributed by atoms with van der Waals surface area (Å²) in [6, 6.07) is 4.31. The van der Waals surface area contributed by atoms with Gasteiger partial charge in [-0.1, -0.05) is 19.9 Å². The minimum absolute atomic E-state index is 0.558. The number of amides is 1. The number of carboxylic acid groups (broad SMARTS) is 1. The first-order chi connectivity index (χ1) is 10.5. The highest BCUT2D eigenvalue weighted by molar-refractivity contribution is 5.64. The van der Waals surface area contributed by atoms with Gasteiger partial charge in [0.15, 0.2) is 0 Å². The molecule has 2 rings (SSSR count). The molecule has 0 unspecified atom stereocenters. The fraction of sp³-hybridized carbons (Fsp3) is 0.647. The number of nitrogens with zero attached hydrogens (tertiary/aromatic N) is 2. The van der Waals surface area contributed by atoms with Crippen LogP contribution in [-0.4, -0.2) is 35.8 Å². The van der Waals surface area contributed by atoms with Crippen LogP contribution in [0.1, 0.15) is 38.7 Å². The average molecular weight is 305 g/mol. The number of piperidine rings is 1. The zero-order valence-electron chi connectivity index (χ0n) is 13.6. The molecule has 1 aromatic heterocycles. The van der Waals surface area contributed by atoms with Gasteiger partial charge in [-0.3, -0.25) is 0 Å². The first-order valence-electron chi connectivity index (χ1n) is 8.21. The molecule has 0 saturated carbocycles. The molecule has 22 heavy (non-hydrogen) atoms. The Labute approximate surface area is 132 Å². The molecule has 0 radical (unpaired) electrons. The average Bonchev–Trinajstić information content (AvgIpc) is 2.48. The smallest absolute Gasteiger partial charge is 0.404 e. The second-order valence-electron chi connectivity index (χ2n) is 6.57. The van der Waals surface area contributed by atoms with E-state index >= 15 is 0 Å². The van der Waals surface area contributed by atoms with E-state index in [2.05, 4.69) is 41.2 Å². The predicted octanol–water partition coefficient (Wildman–Crippen LogP) is 3.15. The van der Waals surface area contributed by atoms with Crippen LogP contribution in [-0.2, 0) is 6.42 Å². The second-order valence-corrected chi connectivity index (χ2v) is 6.57. The lowest BCUT2D eigenvalue weighted by Gasteiger charge is -2.32. The van der Waals surface area contributed by atoms with Gasteiger partial charge in [-0.2, -0.15) is 0 Å². The summed E-state index contributed by atoms with van der Waals surface area (Å²) >= 11 is 0. The van der Waals surface area contributed by atoms with Crippen molar-refractivity contribution in [2.24, 2.45) is 11.8 Å². The number of anilines is 1. The molecule has 5 nitrogen and oxygen atoms in total. The standard InChI is InChI=1S/C17H27N3O2/c1-13(2)11-15-3-4-16(19-12-15)20-9-6-14(7-10-20)5-8-18-17(21)22/h3-4,12-14,18H,5-11H2,1-2H3,(H,21,22). The Morgan fingerprint density at radius 2 is 2.14 bits per heavy atom. The fourth-order valence-electron chi connectivity index (χ4n) is 3.03. The molecule has 0 aliphatic carbocycles. The Balaban J connectivity index is 1.77. The number of carbonyl (C=O) groups is 1. The molecule has 2 heterocycles. The highest BCUT2D eigenvalue weighted by Crippen LogP contribution is 2.24. The van der Waals surface area contributed by atoms with Gasteiger partial charge in [0.25, 0.3) is 0 Å². The van der Waals surface area contributed by atoms with E-state index in [1.54, 1.807) is 0 Å². The summed E-state index contributed by atoms with van der Waals surface area (Å²) in [5, 5.41) is 11.0. The minimum Gasteiger partial charge on any atom is -0.465 e. The van der Waals surface area contributed by atoms with Gasteiger partial charge in [-0.05, 0) is 49.1 Å². The number of hydrogen-bond acceptors (Lipinski definition) is 3. The number of hydrogen-bond donors (Lipinski definition) is 2. The molecule has 1 aliphatic rings. The van der Waals surface area contributed by atoms with E-state index in [0.29, 0.717) is 18.4 Å². The van der Waals surface area contributed by atoms with Gasteiger partial charge >= 0.3 is 6.09 Å². The largest absolute Gasteiger partial charge is 0.465 e. The van der Waals surface area contributed by atoms with Crippen molar-refractivity contribution in [1.82, 2.24) is 10.3 Å². The normalized spacial score (nSPS) is 16.0. The van der Waals surface area contributed by atoms with Crippen LogP contribution >= 0.6 is 0 Å². The molecule has 0 spiro atoms. The molecule has 1 fully saturated rings. The number of pyridine rings is 1. The first kappa shape index (κ1) is 16.6. The lowest BCUT2D eigenvalue weighted by molar-refractivity contribution is 0.193. The van der Waals surface area contributed by atoms with Gasteiger partial charge in [0.1, 0.15) is 5.82 Å². The van der Waals surface area contributed by atoms with Crippen molar-refractivity contribution in [2.45, 2.75) is 39.5 Å². The summed E-state index contributed by atoms with van der Waals surface area (Å²) in [5.74, 6) is 2.33. The molecule has 2 N–H and O–H groups in total. The van der Waals surface area contributed by atoms with Crippen molar-refractivity contribution in [3.8, 4) is 0 Å². The van der Waals surface area contributed by atoms with E-state index in [4.69, 9.17) is 5.11 Å². The first-order valence-corrected chi connectivity index (χ1v) is 8.21. The van der Waals surface area contributed by atoms with Gasteiger partial charge in [-0.15, -0.1) is 0 Å². The van der Waals surface area contributed by atoms with Crippen molar-refractivity contribution in [1.29, 1.82) is 0 Å². The van der Waals surface area contributed by atoms with E-state index in [0.717, 1.165) is 44.6 Å². The Kier molecular flexibility index (Phi) is 6.04. The van der Waals surface area contributed by atoms with Gasteiger partial charge in [0.2, 0.25) is 0 Å². The number of rotatable bonds is 6. The van der Waals surface area contributed by atoms with Crippen molar-refractivity contribution in [2.75, 3.05) is 24.5 Å². The van der Waals surface area contributed by atoms with E-state index in [1.807, 2.05) is 6.20 Å². The molecule has 1 aliphatic heterocycles. The summed E-state index contributed by atoms with van der Waals surface area (Å²) < 4.78 is 0. The van der Waals surface area contributed by atoms with Crippen LogP contribution in [0.5, 0.6) is 0 Å². The van der Waals surface area contributed by atoms with Gasteiger partial charge < -0.3 is 15.3 Å². The van der Waals surface area contributed by atoms with E-state index in [-0.39, 0.29) is 0 Å². The fourth-order valence-corrected chi connectivity index (χ4v) is 3.03. The SMILES string of the molecule is CC(C)Cc1ccc(N2CCC(CCNC(=O)O)CC2)nc1. The van der Waals surface area contributed by atoms with Crippen LogP contribution < -0.4 is 10.2 Å². The van der Waals surface area contributed by atoms with Gasteiger partial charge in [0.05, 0.1) is 0 Å². The monoisotopic (exact) mass is 305 g/mol. The number of nitrogens with one attached hydrogen (secondary N) is 1. The minimum atomic E-state index is -0.928. The maximum Gasteiger partial charge on any atom is 0.404 e. The predicted molar refractivity (Wildman–Crippen MR) is 88.4 cm³/mol. The molecule has 0 aromatic carbocycles. The van der Waals surface area contributed by atoms with Crippen LogP contribution in [0, 0.1) is 11.8 Å². The lowest BCUT2D eigenvalue weighted by atomic mass is 9.93. The van der Waals surface area contributed by atoms with Crippen LogP contribution in [0.4, 0.5) is 10.6 Å². The Hall–Kier alpha value is -1.78. The van der Waals surface area contributed by atoms with E-state index in [1.165, 1.54) is 5.56 Å². The summed E-state index contributed by atoms with van der Waals surface area (Å²) in [6.07, 6.45) is 5.29. The van der Waals surface area contributed by atoms with Crippen LogP contribution in [0.2, 0.25) is 0 Å². The number of aromatic nitrogens is 1. The molecule has 1 amide bonds. The van der Waals surface area contributed by atoms with E-state index < -0.39 is 6.09 Å². The summed E-state index contributed by atoms with van der Waals surface area (Å²) in [4.78, 5) is 17.4. The quantitative estimate of drug-likeness (QED) is 0.847. The van der Waals surface area contributed by atoms with Crippen LogP contribution in [0.3, 0.4) is 0 Å². The topological polar surface area (TPSA) is 65.5 Å². The van der Waals surface area contributed by atoms with Gasteiger partial charge in [0, 0.05) is 25.8 Å². The van der Waals surface area contributed by atoms with E-state index in [9.17, 15) is 4.79 Å². The zero-order valence-corrected chi connectivity index (χ0v) is 13.6. The molecule has 5 heteroatoms. The maximum atomic E-state index is 10.4. The Bertz CT molecular complexity index is 465. The van der Waals surface area contributed by atoms with Crippen molar-refractivity contribution >= 4 is 11.9 Å². The third-order valence-corrected chi connectivity index (χ3v) is 4.22. The Morgan fingerprint density at radius 3 is 2.68 bits per heavy atom. The lowest BCUT2D eigenvalue weighted by Crippen LogP contribution is -2.35. The Morgan fingerprint density at radius 1 is 1.41 bits per heavy atom. The molecule has 122 valence electrons. The molecule has 1 aromatic rings. The van der Waals surface area contributed by atoms with Crippen molar-refractivity contribution in [3.05, 3.63) is 23.9 Å². The third-order valence-electron chi connectivity index (χ3n) is 4.22. The highest BCUT2D eigenvalue weighted by atomic mass is 16.4. The molecular formula is C17H27N3O2. The van der Waals surface area contributed by atoms with Crippen LogP contribution in [0.15, 0.2) is 18.3 Å². The zero-order chi connectivity index (χ0) is 15.9. The molecule has 0 bridgehead atoms. The molecule has 1 saturated heterocycles. The molecule has 0 atom stereocenters. The highest BCUT2D eigenvalue weighted by Gasteiger charge is 2.20. The van der Waals surface area contributed by atoms with Crippen molar-refractivity contribution < 1.29 is 9.90 Å². The maximum absolute atomic E-state index is 10.4. The summed E-state index contributed by atoms with van der Waals surface area (Å²) in [7, 11) is 0. The molecular weight excluding hydrogens is 278 g/mol. The third kappa shape index (κ3) is 5.20. The van der Waals surface area contributed by atoms with Gasteiger partial charge in [-0.25, -0.2) is 9.78 Å². The van der Waals surface area contributed by atoms with Crippen molar-refractivity contribution in [3.63, 3.8) is 0 Å². The van der Waals surface area contributed by atoms with Crippen LogP contribution in [0.25, 0.3) is 0 Å². The summed E-state index contributed by atoms with van der Waals surface area (Å²) in [6.45, 7) is 7.01. The summed E-state index contributed by atoms with van der Waals surface area (Å²) in [5.41, 5.74) is 1.30. The second kappa shape index (κ2) is 8.01.